The zero-order valence-electron chi connectivity index (χ0n) is 15.2. The average molecular weight is 291 g/mol. The van der Waals surface area contributed by atoms with E-state index in [1.807, 2.05) is 0 Å². The van der Waals surface area contributed by atoms with Gasteiger partial charge >= 0.3 is 0 Å². The van der Waals surface area contributed by atoms with Gasteiger partial charge in [0.15, 0.2) is 0 Å². The molecular weight excluding hydrogens is 252 g/mol. The lowest BCUT2D eigenvalue weighted by Gasteiger charge is -2.40. The maximum Gasteiger partial charge on any atom is -0.0232 e. The molecule has 3 saturated carbocycles. The molecule has 3 aliphatic rings. The van der Waals surface area contributed by atoms with Gasteiger partial charge in [0.25, 0.3) is 0 Å². The smallest absolute Gasteiger partial charge is 0.0232 e. The van der Waals surface area contributed by atoms with E-state index in [2.05, 4.69) is 34.6 Å². The fourth-order valence-electron chi connectivity index (χ4n) is 7.77. The first kappa shape index (κ1) is 15.9. The predicted molar refractivity (Wildman–Crippen MR) is 92.2 cm³/mol. The van der Waals surface area contributed by atoms with E-state index in [1.54, 1.807) is 19.3 Å². The van der Waals surface area contributed by atoms with Crippen LogP contribution >= 0.6 is 0 Å². The van der Waals surface area contributed by atoms with Crippen LogP contribution in [0.5, 0.6) is 0 Å². The molecule has 7 atom stereocenters. The van der Waals surface area contributed by atoms with E-state index in [1.165, 1.54) is 32.1 Å². The lowest BCUT2D eigenvalue weighted by Crippen LogP contribution is -2.32. The third-order valence-corrected chi connectivity index (χ3v) is 8.26. The van der Waals surface area contributed by atoms with Crippen LogP contribution in [0, 0.1) is 46.8 Å². The Morgan fingerprint density at radius 2 is 1.71 bits per heavy atom. The molecule has 7 unspecified atom stereocenters. The van der Waals surface area contributed by atoms with E-state index < -0.39 is 0 Å². The van der Waals surface area contributed by atoms with E-state index in [0.29, 0.717) is 0 Å². The topological polar surface area (TPSA) is 0 Å². The van der Waals surface area contributed by atoms with Gasteiger partial charge in [-0.15, -0.1) is 0 Å². The standard InChI is InChI=1S/C21H38/c1-6-15-13-21(8-3)18-12-10-9-11-17(18)16(7-2)20(21)19(15)14(4)5/h14-20H,6-13H2,1-5H3. The van der Waals surface area contributed by atoms with Gasteiger partial charge in [-0.3, -0.25) is 0 Å². The van der Waals surface area contributed by atoms with Crippen molar-refractivity contribution in [3.63, 3.8) is 0 Å². The van der Waals surface area contributed by atoms with Crippen molar-refractivity contribution in [2.75, 3.05) is 0 Å². The second-order valence-electron chi connectivity index (χ2n) is 8.93. The summed E-state index contributed by atoms with van der Waals surface area (Å²) in [7, 11) is 0. The molecule has 0 N–H and O–H groups in total. The molecule has 0 bridgehead atoms. The number of hydrogen-bond acceptors (Lipinski definition) is 0. The molecule has 0 heterocycles. The average Bonchev–Trinajstić information content (AvgIpc) is 2.96. The summed E-state index contributed by atoms with van der Waals surface area (Å²) >= 11 is 0. The molecule has 3 aliphatic carbocycles. The van der Waals surface area contributed by atoms with Gasteiger partial charge in [0.1, 0.15) is 0 Å². The normalized spacial score (nSPS) is 49.4. The quantitative estimate of drug-likeness (QED) is 0.551. The second-order valence-corrected chi connectivity index (χ2v) is 8.93. The minimum Gasteiger partial charge on any atom is -0.0651 e. The molecule has 0 aromatic heterocycles. The van der Waals surface area contributed by atoms with Crippen molar-refractivity contribution in [1.29, 1.82) is 0 Å². The molecule has 0 spiro atoms. The van der Waals surface area contributed by atoms with Crippen molar-refractivity contribution < 1.29 is 0 Å². The summed E-state index contributed by atoms with van der Waals surface area (Å²) in [6.45, 7) is 12.5. The Labute approximate surface area is 133 Å². The molecule has 0 aromatic rings. The molecule has 21 heavy (non-hydrogen) atoms. The summed E-state index contributed by atoms with van der Waals surface area (Å²) in [5, 5.41) is 0. The Hall–Kier alpha value is 0. The fraction of sp³-hybridized carbons (Fsp3) is 1.00. The lowest BCUT2D eigenvalue weighted by molar-refractivity contribution is 0.0928. The highest BCUT2D eigenvalue weighted by atomic mass is 14.7. The van der Waals surface area contributed by atoms with Gasteiger partial charge in [-0.2, -0.15) is 0 Å². The number of hydrogen-bond donors (Lipinski definition) is 0. The molecule has 122 valence electrons. The van der Waals surface area contributed by atoms with Crippen LogP contribution in [0.15, 0.2) is 0 Å². The largest absolute Gasteiger partial charge is 0.0651 e. The Balaban J connectivity index is 2.02. The molecule has 0 aliphatic heterocycles. The highest BCUT2D eigenvalue weighted by Crippen LogP contribution is 2.71. The van der Waals surface area contributed by atoms with Crippen molar-refractivity contribution in [3.8, 4) is 0 Å². The van der Waals surface area contributed by atoms with E-state index in [9.17, 15) is 0 Å². The first-order chi connectivity index (χ1) is 10.1. The van der Waals surface area contributed by atoms with Crippen LogP contribution in [-0.2, 0) is 0 Å². The predicted octanol–water partition coefficient (Wildman–Crippen LogP) is 6.55. The molecule has 0 saturated heterocycles. The monoisotopic (exact) mass is 290 g/mol. The van der Waals surface area contributed by atoms with Gasteiger partial charge < -0.3 is 0 Å². The summed E-state index contributed by atoms with van der Waals surface area (Å²) in [6.07, 6.45) is 12.1. The second kappa shape index (κ2) is 5.89. The van der Waals surface area contributed by atoms with E-state index >= 15 is 0 Å². The zero-order valence-corrected chi connectivity index (χ0v) is 15.2. The Morgan fingerprint density at radius 3 is 2.29 bits per heavy atom. The van der Waals surface area contributed by atoms with Crippen LogP contribution in [0.2, 0.25) is 0 Å². The van der Waals surface area contributed by atoms with Gasteiger partial charge in [-0.05, 0) is 72.5 Å². The highest BCUT2D eigenvalue weighted by Gasteiger charge is 2.65. The molecule has 3 rings (SSSR count). The lowest BCUT2D eigenvalue weighted by atomic mass is 9.65. The molecule has 3 fully saturated rings. The first-order valence-electron chi connectivity index (χ1n) is 10.1. The SMILES string of the molecule is CCC1CC2(CC)C3CCCCC3C(CC)C2C1C(C)C. The van der Waals surface area contributed by atoms with E-state index in [-0.39, 0.29) is 0 Å². The Kier molecular flexibility index (Phi) is 4.46. The maximum absolute atomic E-state index is 2.53. The molecule has 0 nitrogen and oxygen atoms in total. The fourth-order valence-corrected chi connectivity index (χ4v) is 7.77. The summed E-state index contributed by atoms with van der Waals surface area (Å²) < 4.78 is 0. The van der Waals surface area contributed by atoms with Crippen molar-refractivity contribution in [1.82, 2.24) is 0 Å². The summed E-state index contributed by atoms with van der Waals surface area (Å²) in [5.74, 6) is 7.22. The minimum absolute atomic E-state index is 0.737. The maximum atomic E-state index is 2.53. The molecule has 0 aromatic carbocycles. The summed E-state index contributed by atoms with van der Waals surface area (Å²) in [6, 6.07) is 0. The van der Waals surface area contributed by atoms with Crippen molar-refractivity contribution >= 4 is 0 Å². The zero-order chi connectivity index (χ0) is 15.2. The third kappa shape index (κ3) is 2.14. The van der Waals surface area contributed by atoms with Crippen LogP contribution in [0.1, 0.15) is 86.0 Å². The number of rotatable bonds is 4. The van der Waals surface area contributed by atoms with Gasteiger partial charge in [-0.1, -0.05) is 60.3 Å². The van der Waals surface area contributed by atoms with Crippen molar-refractivity contribution in [2.45, 2.75) is 86.0 Å². The molecule has 0 radical (unpaired) electrons. The van der Waals surface area contributed by atoms with Crippen LogP contribution in [-0.4, -0.2) is 0 Å². The van der Waals surface area contributed by atoms with Crippen molar-refractivity contribution in [3.05, 3.63) is 0 Å². The Morgan fingerprint density at radius 1 is 1.00 bits per heavy atom. The van der Waals surface area contributed by atoms with E-state index in [0.717, 1.165) is 46.8 Å². The molecule has 0 amide bonds. The van der Waals surface area contributed by atoms with Crippen LogP contribution in [0.25, 0.3) is 0 Å². The van der Waals surface area contributed by atoms with Gasteiger partial charge in [0.2, 0.25) is 0 Å². The van der Waals surface area contributed by atoms with Crippen LogP contribution in [0.3, 0.4) is 0 Å². The van der Waals surface area contributed by atoms with E-state index in [4.69, 9.17) is 0 Å². The third-order valence-electron chi connectivity index (χ3n) is 8.26. The summed E-state index contributed by atoms with van der Waals surface area (Å²) in [5.41, 5.74) is 0.737. The highest BCUT2D eigenvalue weighted by molar-refractivity contribution is 5.13. The van der Waals surface area contributed by atoms with Crippen molar-refractivity contribution in [2.24, 2.45) is 46.8 Å². The van der Waals surface area contributed by atoms with Crippen LogP contribution < -0.4 is 0 Å². The van der Waals surface area contributed by atoms with Gasteiger partial charge in [0.05, 0.1) is 0 Å². The minimum atomic E-state index is 0.737. The molecule has 0 heteroatoms. The van der Waals surface area contributed by atoms with Gasteiger partial charge in [0, 0.05) is 0 Å². The first-order valence-corrected chi connectivity index (χ1v) is 10.1. The number of fused-ring (bicyclic) bond motifs is 3. The Bertz CT molecular complexity index is 357. The van der Waals surface area contributed by atoms with Crippen LogP contribution in [0.4, 0.5) is 0 Å². The summed E-state index contributed by atoms with van der Waals surface area (Å²) in [4.78, 5) is 0. The molecular formula is C21H38. The van der Waals surface area contributed by atoms with Gasteiger partial charge in [-0.25, -0.2) is 0 Å².